The lowest BCUT2D eigenvalue weighted by atomic mass is 9.96. The van der Waals surface area contributed by atoms with E-state index in [0.717, 1.165) is 28.3 Å². The Morgan fingerprint density at radius 1 is 0.878 bits per heavy atom. The van der Waals surface area contributed by atoms with Gasteiger partial charge in [-0.15, -0.1) is 0 Å². The lowest BCUT2D eigenvalue weighted by Crippen LogP contribution is -2.61. The number of benzene rings is 3. The number of ether oxygens (including phenoxy) is 2. The van der Waals surface area contributed by atoms with Gasteiger partial charge in [0.2, 0.25) is 17.5 Å². The number of aliphatic hydroxyl groups is 1. The molecule has 12 heteroatoms. The summed E-state index contributed by atoms with van der Waals surface area (Å²) in [7, 11) is 0. The molecule has 12 nitrogen and oxygen atoms in total. The summed E-state index contributed by atoms with van der Waals surface area (Å²) in [5.41, 5.74) is -0.250. The molecule has 0 saturated carbocycles. The summed E-state index contributed by atoms with van der Waals surface area (Å²) < 4.78 is 10.5. The van der Waals surface area contributed by atoms with Crippen molar-refractivity contribution in [2.24, 2.45) is 5.92 Å². The van der Waals surface area contributed by atoms with Crippen molar-refractivity contribution in [1.82, 2.24) is 25.9 Å². The molecule has 0 aliphatic carbocycles. The Kier molecular flexibility index (Phi) is 13.3. The number of hydrogen-bond donors (Lipinski definition) is 5. The van der Waals surface area contributed by atoms with Crippen LogP contribution in [0.2, 0.25) is 0 Å². The van der Waals surface area contributed by atoms with Crippen LogP contribution in [0.25, 0.3) is 10.8 Å². The molecule has 4 atom stereocenters. The summed E-state index contributed by atoms with van der Waals surface area (Å²) >= 11 is 0. The van der Waals surface area contributed by atoms with E-state index in [1.165, 1.54) is 12.5 Å². The highest BCUT2D eigenvalue weighted by Crippen LogP contribution is 2.21. The Labute approximate surface area is 286 Å². The molecule has 2 unspecified atom stereocenters. The van der Waals surface area contributed by atoms with Crippen molar-refractivity contribution >= 4 is 34.6 Å². The third-order valence-electron chi connectivity index (χ3n) is 8.38. The molecule has 4 rings (SSSR count). The van der Waals surface area contributed by atoms with Crippen LogP contribution in [0.1, 0.15) is 56.9 Å². The van der Waals surface area contributed by atoms with Crippen LogP contribution in [-0.2, 0) is 43.3 Å². The number of nitrogens with zero attached hydrogens (tertiary/aromatic N) is 1. The molecule has 260 valence electrons. The summed E-state index contributed by atoms with van der Waals surface area (Å²) in [5, 5.41) is 21.1. The fraction of sp³-hybridized carbons (Fsp3) is 0.378. The van der Waals surface area contributed by atoms with E-state index < -0.39 is 41.7 Å². The van der Waals surface area contributed by atoms with Gasteiger partial charge in [-0.3, -0.25) is 9.59 Å². The summed E-state index contributed by atoms with van der Waals surface area (Å²) in [5.74, 6) is -2.32. The van der Waals surface area contributed by atoms with Gasteiger partial charge in [0.1, 0.15) is 18.7 Å². The minimum Gasteiger partial charge on any atom is -0.462 e. The van der Waals surface area contributed by atoms with Crippen molar-refractivity contribution in [1.29, 1.82) is 0 Å². The summed E-state index contributed by atoms with van der Waals surface area (Å²) in [6.07, 6.45) is 3.29. The van der Waals surface area contributed by atoms with Crippen LogP contribution in [0.4, 0.5) is 4.79 Å². The van der Waals surface area contributed by atoms with Crippen molar-refractivity contribution < 1.29 is 33.8 Å². The predicted molar refractivity (Wildman–Crippen MR) is 184 cm³/mol. The molecule has 1 aromatic heterocycles. The number of imidazole rings is 1. The van der Waals surface area contributed by atoms with Gasteiger partial charge < -0.3 is 35.5 Å². The first-order chi connectivity index (χ1) is 23.6. The Morgan fingerprint density at radius 3 is 2.31 bits per heavy atom. The fourth-order valence-corrected chi connectivity index (χ4v) is 5.32. The second kappa shape index (κ2) is 17.8. The average Bonchev–Trinajstić information content (AvgIpc) is 3.63. The molecule has 1 heterocycles. The average molecular weight is 672 g/mol. The number of rotatable bonds is 17. The van der Waals surface area contributed by atoms with Gasteiger partial charge in [-0.2, -0.15) is 0 Å². The maximum atomic E-state index is 14.1. The Bertz CT molecular complexity index is 1680. The van der Waals surface area contributed by atoms with E-state index in [4.69, 9.17) is 9.47 Å². The van der Waals surface area contributed by atoms with Crippen LogP contribution in [0.5, 0.6) is 0 Å². The molecular formula is C37H45N5O7. The van der Waals surface area contributed by atoms with Gasteiger partial charge in [-0.05, 0) is 41.2 Å². The molecule has 4 aromatic rings. The first-order valence-corrected chi connectivity index (χ1v) is 16.5. The van der Waals surface area contributed by atoms with Crippen LogP contribution < -0.4 is 16.0 Å². The van der Waals surface area contributed by atoms with Crippen LogP contribution in [0.15, 0.2) is 85.3 Å². The van der Waals surface area contributed by atoms with Crippen molar-refractivity contribution in [3.8, 4) is 0 Å². The van der Waals surface area contributed by atoms with E-state index in [0.29, 0.717) is 12.1 Å². The zero-order valence-corrected chi connectivity index (χ0v) is 28.1. The van der Waals surface area contributed by atoms with E-state index in [9.17, 15) is 24.3 Å². The number of aromatic amines is 1. The van der Waals surface area contributed by atoms with Gasteiger partial charge in [0, 0.05) is 31.2 Å². The normalized spacial score (nSPS) is 14.1. The quantitative estimate of drug-likeness (QED) is 0.0816. The van der Waals surface area contributed by atoms with Gasteiger partial charge >= 0.3 is 12.1 Å². The highest BCUT2D eigenvalue weighted by atomic mass is 16.6. The SMILES string of the molecule is CCOC(=O)C(O)(CCC(C)CC)NC(=O)[C@@H](Cc1cnc[nH]1)NC(=O)[C@@H](Cc1cccc2ccccc12)NC(=O)OCc1ccccc1. The highest BCUT2D eigenvalue weighted by molar-refractivity contribution is 5.94. The van der Waals surface area contributed by atoms with Crippen molar-refractivity contribution in [2.75, 3.05) is 6.61 Å². The topological polar surface area (TPSA) is 172 Å². The van der Waals surface area contributed by atoms with Gasteiger partial charge in [-0.25, -0.2) is 14.6 Å². The number of amides is 3. The number of alkyl carbamates (subject to hydrolysis) is 1. The molecule has 0 aliphatic heterocycles. The monoisotopic (exact) mass is 671 g/mol. The van der Waals surface area contributed by atoms with Crippen molar-refractivity contribution in [3.05, 3.63) is 102 Å². The number of carbonyl (C=O) groups excluding carboxylic acids is 4. The predicted octanol–water partition coefficient (Wildman–Crippen LogP) is 4.32. The number of carbonyl (C=O) groups is 4. The minimum absolute atomic E-state index is 0.00343. The molecular weight excluding hydrogens is 626 g/mol. The Morgan fingerprint density at radius 2 is 1.59 bits per heavy atom. The van der Waals surface area contributed by atoms with Crippen LogP contribution in [-0.4, -0.2) is 63.4 Å². The third-order valence-corrected chi connectivity index (χ3v) is 8.38. The van der Waals surface area contributed by atoms with Gasteiger partial charge in [0.25, 0.3) is 0 Å². The molecule has 3 aromatic carbocycles. The minimum atomic E-state index is -2.32. The first kappa shape index (κ1) is 36.6. The van der Waals surface area contributed by atoms with E-state index in [-0.39, 0.29) is 38.4 Å². The molecule has 0 fully saturated rings. The molecule has 0 radical (unpaired) electrons. The van der Waals surface area contributed by atoms with Gasteiger partial charge in [0.15, 0.2) is 0 Å². The Balaban J connectivity index is 1.59. The largest absolute Gasteiger partial charge is 0.462 e. The summed E-state index contributed by atoms with van der Waals surface area (Å²) in [4.78, 5) is 60.8. The van der Waals surface area contributed by atoms with Crippen LogP contribution >= 0.6 is 0 Å². The molecule has 0 saturated heterocycles. The maximum absolute atomic E-state index is 14.1. The van der Waals surface area contributed by atoms with E-state index in [1.54, 1.807) is 6.92 Å². The second-order valence-electron chi connectivity index (χ2n) is 12.1. The maximum Gasteiger partial charge on any atom is 0.408 e. The number of esters is 1. The van der Waals surface area contributed by atoms with Crippen LogP contribution in [0.3, 0.4) is 0 Å². The molecule has 0 spiro atoms. The number of aromatic nitrogens is 2. The smallest absolute Gasteiger partial charge is 0.408 e. The standard InChI is InChI=1S/C37H45N5O7/c1-4-25(3)18-19-37(47,35(45)48-5-2)42-34(44)32(21-29-22-38-24-39-29)40-33(43)31(41-36(46)49-23-26-12-7-6-8-13-26)20-28-16-11-15-27-14-9-10-17-30(27)28/h6-17,22,24-25,31-32,47H,4-5,18-21,23H2,1-3H3,(H,38,39)(H,40,43)(H,41,46)(H,42,44)/t25?,31-,32-,37?/m1/s1. The zero-order chi connectivity index (χ0) is 35.2. The van der Waals surface area contributed by atoms with Gasteiger partial charge in [-0.1, -0.05) is 93.1 Å². The lowest BCUT2D eigenvalue weighted by Gasteiger charge is -2.30. The van der Waals surface area contributed by atoms with Crippen molar-refractivity contribution in [3.63, 3.8) is 0 Å². The van der Waals surface area contributed by atoms with Gasteiger partial charge in [0.05, 0.1) is 12.9 Å². The third kappa shape index (κ3) is 10.6. The molecule has 0 bridgehead atoms. The zero-order valence-electron chi connectivity index (χ0n) is 28.1. The number of H-pyrrole nitrogens is 1. The number of hydrogen-bond acceptors (Lipinski definition) is 8. The van der Waals surface area contributed by atoms with Crippen molar-refractivity contribution in [2.45, 2.75) is 77.3 Å². The summed E-state index contributed by atoms with van der Waals surface area (Å²) in [6.45, 7) is 5.55. The molecule has 3 amide bonds. The number of nitrogens with one attached hydrogen (secondary N) is 4. The molecule has 0 aliphatic rings. The summed E-state index contributed by atoms with van der Waals surface area (Å²) in [6, 6.07) is 20.0. The highest BCUT2D eigenvalue weighted by Gasteiger charge is 2.41. The lowest BCUT2D eigenvalue weighted by molar-refractivity contribution is -0.173. The van der Waals surface area contributed by atoms with E-state index in [2.05, 4.69) is 25.9 Å². The van der Waals surface area contributed by atoms with E-state index in [1.807, 2.05) is 86.6 Å². The number of fused-ring (bicyclic) bond motifs is 1. The van der Waals surface area contributed by atoms with E-state index >= 15 is 0 Å². The molecule has 49 heavy (non-hydrogen) atoms. The first-order valence-electron chi connectivity index (χ1n) is 16.5. The second-order valence-corrected chi connectivity index (χ2v) is 12.1. The fourth-order valence-electron chi connectivity index (χ4n) is 5.32. The molecule has 5 N–H and O–H groups in total. The van der Waals surface area contributed by atoms with Crippen LogP contribution in [0, 0.1) is 5.92 Å². The Hall–Kier alpha value is -5.23.